The summed E-state index contributed by atoms with van der Waals surface area (Å²) in [4.78, 5) is 13.1. The maximum Gasteiger partial charge on any atom is 0.244 e. The number of ether oxygens (including phenoxy) is 1. The summed E-state index contributed by atoms with van der Waals surface area (Å²) in [5.74, 6) is 0.624. The van der Waals surface area contributed by atoms with Gasteiger partial charge in [-0.1, -0.05) is 30.3 Å². The molecule has 3 nitrogen and oxygen atoms in total. The Morgan fingerprint density at radius 2 is 1.91 bits per heavy atom. The molecule has 0 bridgehead atoms. The number of thioether (sulfide) groups is 1. The first-order valence-corrected chi connectivity index (χ1v) is 8.17. The van der Waals surface area contributed by atoms with Crippen LogP contribution >= 0.6 is 11.8 Å². The molecule has 2 aromatic carbocycles. The van der Waals surface area contributed by atoms with Gasteiger partial charge in [0, 0.05) is 23.1 Å². The van der Waals surface area contributed by atoms with E-state index in [2.05, 4.69) is 17.4 Å². The van der Waals surface area contributed by atoms with Crippen molar-refractivity contribution < 1.29 is 9.53 Å². The Balaban J connectivity index is 1.90. The van der Waals surface area contributed by atoms with E-state index in [4.69, 9.17) is 4.74 Å². The minimum atomic E-state index is -0.125. The smallest absolute Gasteiger partial charge is 0.244 e. The van der Waals surface area contributed by atoms with E-state index in [-0.39, 0.29) is 5.91 Å². The first-order valence-electron chi connectivity index (χ1n) is 6.95. The Hall–Kier alpha value is -2.20. The molecule has 0 aliphatic carbocycles. The molecule has 1 amide bonds. The molecule has 2 rings (SSSR count). The van der Waals surface area contributed by atoms with Crippen molar-refractivity contribution in [2.75, 3.05) is 13.4 Å². The number of hydrogen-bond donors (Lipinski definition) is 1. The molecular formula is C18H19NO2S. The van der Waals surface area contributed by atoms with Crippen LogP contribution in [0.4, 0.5) is 0 Å². The largest absolute Gasteiger partial charge is 0.496 e. The molecule has 0 saturated carbocycles. The van der Waals surface area contributed by atoms with E-state index in [0.29, 0.717) is 6.54 Å². The number of amides is 1. The molecule has 0 fully saturated rings. The first-order chi connectivity index (χ1) is 10.7. The molecule has 0 unspecified atom stereocenters. The van der Waals surface area contributed by atoms with Crippen molar-refractivity contribution in [1.82, 2.24) is 5.32 Å². The van der Waals surface area contributed by atoms with E-state index in [1.165, 1.54) is 11.0 Å². The normalized spacial score (nSPS) is 10.6. The van der Waals surface area contributed by atoms with Crippen molar-refractivity contribution in [2.24, 2.45) is 0 Å². The number of carbonyl (C=O) groups is 1. The van der Waals surface area contributed by atoms with Gasteiger partial charge in [0.2, 0.25) is 5.91 Å². The zero-order chi connectivity index (χ0) is 15.8. The van der Waals surface area contributed by atoms with Crippen LogP contribution in [0.2, 0.25) is 0 Å². The van der Waals surface area contributed by atoms with Crippen LogP contribution in [0.5, 0.6) is 5.75 Å². The highest BCUT2D eigenvalue weighted by Crippen LogP contribution is 2.18. The standard InChI is InChI=1S/C18H19NO2S/c1-21-17-6-4-3-5-15(17)9-12-18(20)19-13-14-7-10-16(22-2)11-8-14/h3-12H,13H2,1-2H3,(H,19,20)/b12-9+. The summed E-state index contributed by atoms with van der Waals surface area (Å²) in [5.41, 5.74) is 1.96. The third-order valence-electron chi connectivity index (χ3n) is 3.18. The zero-order valence-electron chi connectivity index (χ0n) is 12.7. The van der Waals surface area contributed by atoms with Gasteiger partial charge in [0.1, 0.15) is 5.75 Å². The zero-order valence-corrected chi connectivity index (χ0v) is 13.5. The van der Waals surface area contributed by atoms with Gasteiger partial charge >= 0.3 is 0 Å². The van der Waals surface area contributed by atoms with Gasteiger partial charge in [0.25, 0.3) is 0 Å². The first kappa shape index (κ1) is 16.2. The Bertz CT molecular complexity index is 650. The van der Waals surface area contributed by atoms with Crippen LogP contribution in [-0.2, 0) is 11.3 Å². The van der Waals surface area contributed by atoms with Crippen molar-refractivity contribution >= 4 is 23.7 Å². The van der Waals surface area contributed by atoms with E-state index in [1.54, 1.807) is 24.9 Å². The summed E-state index contributed by atoms with van der Waals surface area (Å²) in [7, 11) is 1.62. The van der Waals surface area contributed by atoms with Crippen LogP contribution in [0.15, 0.2) is 59.5 Å². The highest BCUT2D eigenvalue weighted by Gasteiger charge is 2.00. The molecular weight excluding hydrogens is 294 g/mol. The minimum absolute atomic E-state index is 0.125. The summed E-state index contributed by atoms with van der Waals surface area (Å²) < 4.78 is 5.24. The number of rotatable bonds is 6. The molecule has 0 heterocycles. The SMILES string of the molecule is COc1ccccc1/C=C/C(=O)NCc1ccc(SC)cc1. The molecule has 0 aliphatic heterocycles. The number of benzene rings is 2. The van der Waals surface area contributed by atoms with Crippen LogP contribution in [0.25, 0.3) is 6.08 Å². The van der Waals surface area contributed by atoms with E-state index in [9.17, 15) is 4.79 Å². The van der Waals surface area contributed by atoms with Gasteiger partial charge in [-0.05, 0) is 36.1 Å². The lowest BCUT2D eigenvalue weighted by Crippen LogP contribution is -2.20. The van der Waals surface area contributed by atoms with Crippen LogP contribution < -0.4 is 10.1 Å². The Morgan fingerprint density at radius 1 is 1.18 bits per heavy atom. The third kappa shape index (κ3) is 4.67. The molecule has 0 atom stereocenters. The lowest BCUT2D eigenvalue weighted by atomic mass is 10.2. The van der Waals surface area contributed by atoms with Gasteiger partial charge in [-0.2, -0.15) is 0 Å². The summed E-state index contributed by atoms with van der Waals surface area (Å²) in [6.45, 7) is 0.518. The molecule has 22 heavy (non-hydrogen) atoms. The van der Waals surface area contributed by atoms with Crippen molar-refractivity contribution in [3.63, 3.8) is 0 Å². The van der Waals surface area contributed by atoms with Crippen molar-refractivity contribution in [3.05, 3.63) is 65.7 Å². The van der Waals surface area contributed by atoms with Gasteiger partial charge in [0.05, 0.1) is 7.11 Å². The molecule has 0 aromatic heterocycles. The molecule has 114 valence electrons. The second-order valence-electron chi connectivity index (χ2n) is 4.64. The lowest BCUT2D eigenvalue weighted by Gasteiger charge is -2.05. The van der Waals surface area contributed by atoms with E-state index in [1.807, 2.05) is 42.7 Å². The van der Waals surface area contributed by atoms with Crippen LogP contribution in [-0.4, -0.2) is 19.3 Å². The van der Waals surface area contributed by atoms with Crippen LogP contribution in [0, 0.1) is 0 Å². The molecule has 2 aromatic rings. The fourth-order valence-electron chi connectivity index (χ4n) is 1.96. The Morgan fingerprint density at radius 3 is 2.59 bits per heavy atom. The fourth-order valence-corrected chi connectivity index (χ4v) is 2.37. The monoisotopic (exact) mass is 313 g/mol. The number of para-hydroxylation sites is 1. The molecule has 0 radical (unpaired) electrons. The predicted octanol–water partition coefficient (Wildman–Crippen LogP) is 3.75. The minimum Gasteiger partial charge on any atom is -0.496 e. The second kappa shape index (κ2) is 8.29. The van der Waals surface area contributed by atoms with E-state index in [0.717, 1.165) is 16.9 Å². The van der Waals surface area contributed by atoms with Gasteiger partial charge in [-0.15, -0.1) is 11.8 Å². The maximum atomic E-state index is 11.9. The average Bonchev–Trinajstić information content (AvgIpc) is 2.58. The summed E-state index contributed by atoms with van der Waals surface area (Å²) in [6.07, 6.45) is 5.32. The maximum absolute atomic E-state index is 11.9. The third-order valence-corrected chi connectivity index (χ3v) is 3.92. The van der Waals surface area contributed by atoms with Gasteiger partial charge in [-0.3, -0.25) is 4.79 Å². The number of methoxy groups -OCH3 is 1. The van der Waals surface area contributed by atoms with Gasteiger partial charge in [-0.25, -0.2) is 0 Å². The highest BCUT2D eigenvalue weighted by molar-refractivity contribution is 7.98. The van der Waals surface area contributed by atoms with Crippen molar-refractivity contribution in [1.29, 1.82) is 0 Å². The van der Waals surface area contributed by atoms with E-state index >= 15 is 0 Å². The molecule has 4 heteroatoms. The van der Waals surface area contributed by atoms with Crippen LogP contribution in [0.1, 0.15) is 11.1 Å². The average molecular weight is 313 g/mol. The van der Waals surface area contributed by atoms with E-state index < -0.39 is 0 Å². The highest BCUT2D eigenvalue weighted by atomic mass is 32.2. The summed E-state index contributed by atoms with van der Waals surface area (Å²) in [6, 6.07) is 15.7. The summed E-state index contributed by atoms with van der Waals surface area (Å²) >= 11 is 1.70. The number of nitrogens with one attached hydrogen (secondary N) is 1. The van der Waals surface area contributed by atoms with Crippen LogP contribution in [0.3, 0.4) is 0 Å². The lowest BCUT2D eigenvalue weighted by molar-refractivity contribution is -0.116. The Labute approximate surface area is 135 Å². The Kier molecular flexibility index (Phi) is 6.10. The summed E-state index contributed by atoms with van der Waals surface area (Å²) in [5, 5.41) is 2.87. The molecule has 0 aliphatic rings. The van der Waals surface area contributed by atoms with Gasteiger partial charge in [0.15, 0.2) is 0 Å². The molecule has 1 N–H and O–H groups in total. The van der Waals surface area contributed by atoms with Crippen molar-refractivity contribution in [3.8, 4) is 5.75 Å². The quantitative estimate of drug-likeness (QED) is 0.652. The predicted molar refractivity (Wildman–Crippen MR) is 92.1 cm³/mol. The molecule has 0 spiro atoms. The van der Waals surface area contributed by atoms with Gasteiger partial charge < -0.3 is 10.1 Å². The topological polar surface area (TPSA) is 38.3 Å². The number of hydrogen-bond acceptors (Lipinski definition) is 3. The molecule has 0 saturated heterocycles. The number of carbonyl (C=O) groups excluding carboxylic acids is 1. The second-order valence-corrected chi connectivity index (χ2v) is 5.52. The van der Waals surface area contributed by atoms with Crippen molar-refractivity contribution in [2.45, 2.75) is 11.4 Å². The fraction of sp³-hybridized carbons (Fsp3) is 0.167.